The molecular weight excluding hydrogens is 390 g/mol. The third kappa shape index (κ3) is 7.08. The molecule has 0 saturated carbocycles. The maximum Gasteiger partial charge on any atom is 0.191 e. The van der Waals surface area contributed by atoms with Crippen molar-refractivity contribution in [2.75, 3.05) is 26.7 Å². The second-order valence-electron chi connectivity index (χ2n) is 8.25. The summed E-state index contributed by atoms with van der Waals surface area (Å²) in [5, 5.41) is 10.9. The van der Waals surface area contributed by atoms with E-state index in [9.17, 15) is 0 Å². The van der Waals surface area contributed by atoms with Crippen molar-refractivity contribution in [2.45, 2.75) is 65.3 Å². The fraction of sp³-hybridized carbons (Fsp3) is 0.583. The van der Waals surface area contributed by atoms with Crippen molar-refractivity contribution < 1.29 is 9.26 Å². The maximum absolute atomic E-state index is 5.64. The topological polar surface area (TPSA) is 74.9 Å². The number of aromatic nitrogens is 1. The number of aliphatic imine (C=N–C) groups is 1. The molecule has 0 radical (unpaired) electrons. The Hall–Kier alpha value is -2.38. The highest BCUT2D eigenvalue weighted by Gasteiger charge is 2.17. The van der Waals surface area contributed by atoms with Gasteiger partial charge >= 0.3 is 0 Å². The Kier molecular flexibility index (Phi) is 8.91. The van der Waals surface area contributed by atoms with Crippen LogP contribution in [0.4, 0.5) is 0 Å². The van der Waals surface area contributed by atoms with Gasteiger partial charge in [0.1, 0.15) is 0 Å². The van der Waals surface area contributed by atoms with Crippen molar-refractivity contribution in [1.29, 1.82) is 0 Å². The van der Waals surface area contributed by atoms with Crippen LogP contribution in [0.15, 0.2) is 39.8 Å². The van der Waals surface area contributed by atoms with Crippen LogP contribution in [-0.4, -0.2) is 48.9 Å². The molecule has 3 rings (SSSR count). The summed E-state index contributed by atoms with van der Waals surface area (Å²) in [5.74, 6) is 2.03. The summed E-state index contributed by atoms with van der Waals surface area (Å²) in [6.45, 7) is 11.5. The Morgan fingerprint density at radius 2 is 1.97 bits per heavy atom. The summed E-state index contributed by atoms with van der Waals surface area (Å²) < 4.78 is 11.1. The number of nitrogens with zero attached hydrogens (tertiary/aromatic N) is 3. The van der Waals surface area contributed by atoms with Gasteiger partial charge in [0.2, 0.25) is 0 Å². The second-order valence-corrected chi connectivity index (χ2v) is 8.25. The van der Waals surface area contributed by atoms with Crippen LogP contribution in [0.25, 0.3) is 0 Å². The number of benzene rings is 1. The molecule has 2 aromatic rings. The molecule has 0 aliphatic carbocycles. The molecule has 2 N–H and O–H groups in total. The van der Waals surface area contributed by atoms with E-state index in [1.54, 1.807) is 7.05 Å². The third-order valence-electron chi connectivity index (χ3n) is 5.82. The van der Waals surface area contributed by atoms with E-state index in [1.807, 2.05) is 6.07 Å². The highest BCUT2D eigenvalue weighted by molar-refractivity contribution is 5.79. The largest absolute Gasteiger partial charge is 0.376 e. The van der Waals surface area contributed by atoms with Crippen LogP contribution in [0.2, 0.25) is 0 Å². The number of guanidine groups is 1. The lowest BCUT2D eigenvalue weighted by Crippen LogP contribution is -2.40. The van der Waals surface area contributed by atoms with E-state index in [2.05, 4.69) is 70.7 Å². The second kappa shape index (κ2) is 11.9. The maximum atomic E-state index is 5.64. The molecule has 1 aromatic carbocycles. The van der Waals surface area contributed by atoms with Gasteiger partial charge in [0.05, 0.1) is 24.9 Å². The first-order valence-corrected chi connectivity index (χ1v) is 11.4. The third-order valence-corrected chi connectivity index (χ3v) is 5.82. The van der Waals surface area contributed by atoms with Crippen molar-refractivity contribution in [2.24, 2.45) is 4.99 Å². The van der Waals surface area contributed by atoms with Gasteiger partial charge in [-0.05, 0) is 30.9 Å². The van der Waals surface area contributed by atoms with Crippen LogP contribution in [0.5, 0.6) is 0 Å². The number of hydrogen-bond donors (Lipinski definition) is 2. The lowest BCUT2D eigenvalue weighted by molar-refractivity contribution is -0.0212. The van der Waals surface area contributed by atoms with Gasteiger partial charge in [-0.3, -0.25) is 9.89 Å². The van der Waals surface area contributed by atoms with Gasteiger partial charge in [0, 0.05) is 45.2 Å². The average Bonchev–Trinajstić information content (AvgIpc) is 3.24. The first kappa shape index (κ1) is 23.3. The van der Waals surface area contributed by atoms with Crippen molar-refractivity contribution >= 4 is 5.96 Å². The van der Waals surface area contributed by atoms with E-state index >= 15 is 0 Å². The van der Waals surface area contributed by atoms with Gasteiger partial charge in [-0.15, -0.1) is 0 Å². The van der Waals surface area contributed by atoms with E-state index in [-0.39, 0.29) is 0 Å². The van der Waals surface area contributed by atoms with Gasteiger partial charge in [-0.2, -0.15) is 0 Å². The fourth-order valence-electron chi connectivity index (χ4n) is 4.02. The molecule has 1 aliphatic heterocycles. The summed E-state index contributed by atoms with van der Waals surface area (Å²) in [4.78, 5) is 6.78. The molecule has 7 nitrogen and oxygen atoms in total. The molecule has 1 fully saturated rings. The molecule has 1 aliphatic rings. The molecule has 31 heavy (non-hydrogen) atoms. The molecule has 2 heterocycles. The molecule has 170 valence electrons. The minimum Gasteiger partial charge on any atom is -0.376 e. The highest BCUT2D eigenvalue weighted by atomic mass is 16.5. The van der Waals surface area contributed by atoms with Gasteiger partial charge in [-0.25, -0.2) is 0 Å². The summed E-state index contributed by atoms with van der Waals surface area (Å²) >= 11 is 0. The van der Waals surface area contributed by atoms with E-state index in [0.29, 0.717) is 25.1 Å². The van der Waals surface area contributed by atoms with Crippen LogP contribution >= 0.6 is 0 Å². The van der Waals surface area contributed by atoms with Crippen LogP contribution in [0, 0.1) is 0 Å². The Morgan fingerprint density at radius 1 is 1.19 bits per heavy atom. The zero-order chi connectivity index (χ0) is 22.1. The molecule has 1 unspecified atom stereocenters. The molecule has 1 atom stereocenters. The Balaban J connectivity index is 1.48. The first-order chi connectivity index (χ1) is 15.1. The zero-order valence-corrected chi connectivity index (χ0v) is 19.4. The number of ether oxygens (including phenoxy) is 1. The van der Waals surface area contributed by atoms with E-state index in [1.165, 1.54) is 11.1 Å². The molecular formula is C24H37N5O2. The number of hydrogen-bond acceptors (Lipinski definition) is 5. The van der Waals surface area contributed by atoms with Gasteiger partial charge < -0.3 is 19.9 Å². The molecule has 0 spiro atoms. The van der Waals surface area contributed by atoms with Gasteiger partial charge in [0.15, 0.2) is 11.7 Å². The average molecular weight is 428 g/mol. The molecule has 1 saturated heterocycles. The SMILES string of the molecule is CCC(CC)c1cc(CNC(=NC)NCc2cccc(CN3CCOC(C)C3)c2)on1. The quantitative estimate of drug-likeness (QED) is 0.470. The summed E-state index contributed by atoms with van der Waals surface area (Å²) in [5.41, 5.74) is 3.60. The smallest absolute Gasteiger partial charge is 0.191 e. The fourth-order valence-corrected chi connectivity index (χ4v) is 4.02. The monoisotopic (exact) mass is 427 g/mol. The summed E-state index contributed by atoms with van der Waals surface area (Å²) in [6, 6.07) is 10.8. The van der Waals surface area contributed by atoms with E-state index in [4.69, 9.17) is 9.26 Å². The zero-order valence-electron chi connectivity index (χ0n) is 19.4. The van der Waals surface area contributed by atoms with Crippen LogP contribution in [0.1, 0.15) is 62.1 Å². The van der Waals surface area contributed by atoms with Crippen molar-refractivity contribution in [3.05, 3.63) is 52.9 Å². The molecule has 7 heteroatoms. The van der Waals surface area contributed by atoms with E-state index < -0.39 is 0 Å². The minimum absolute atomic E-state index is 0.309. The Labute approximate surface area is 186 Å². The highest BCUT2D eigenvalue weighted by Crippen LogP contribution is 2.22. The Bertz CT molecular complexity index is 831. The van der Waals surface area contributed by atoms with Crippen LogP contribution in [-0.2, 0) is 24.4 Å². The normalized spacial score (nSPS) is 17.8. The Morgan fingerprint density at radius 3 is 2.71 bits per heavy atom. The summed E-state index contributed by atoms with van der Waals surface area (Å²) in [6.07, 6.45) is 2.45. The van der Waals surface area contributed by atoms with Gasteiger partial charge in [-0.1, -0.05) is 43.3 Å². The lowest BCUT2D eigenvalue weighted by Gasteiger charge is -2.31. The van der Waals surface area contributed by atoms with Crippen molar-refractivity contribution in [3.63, 3.8) is 0 Å². The van der Waals surface area contributed by atoms with Crippen molar-refractivity contribution in [1.82, 2.24) is 20.7 Å². The predicted molar refractivity (Wildman–Crippen MR) is 124 cm³/mol. The summed E-state index contributed by atoms with van der Waals surface area (Å²) in [7, 11) is 1.78. The van der Waals surface area contributed by atoms with Crippen LogP contribution in [0.3, 0.4) is 0 Å². The molecule has 1 aromatic heterocycles. The number of rotatable bonds is 9. The lowest BCUT2D eigenvalue weighted by atomic mass is 9.99. The number of morpholine rings is 1. The minimum atomic E-state index is 0.309. The molecule has 0 bridgehead atoms. The van der Waals surface area contributed by atoms with Crippen molar-refractivity contribution in [3.8, 4) is 0 Å². The number of nitrogens with one attached hydrogen (secondary N) is 2. The first-order valence-electron chi connectivity index (χ1n) is 11.4. The molecule has 0 amide bonds. The standard InChI is InChI=1S/C24H37N5O2/c1-5-21(6-2)23-13-22(31-28-23)15-27-24(25-4)26-14-19-8-7-9-20(12-19)17-29-10-11-30-18(3)16-29/h7-9,12-13,18,21H,5-6,10-11,14-17H2,1-4H3,(H2,25,26,27). The van der Waals surface area contributed by atoms with E-state index in [0.717, 1.165) is 56.5 Å². The predicted octanol–water partition coefficient (Wildman–Crippen LogP) is 3.66. The van der Waals surface area contributed by atoms with Gasteiger partial charge in [0.25, 0.3) is 0 Å². The van der Waals surface area contributed by atoms with Crippen LogP contribution < -0.4 is 10.6 Å².